The van der Waals surface area contributed by atoms with Crippen molar-refractivity contribution in [1.82, 2.24) is 4.90 Å². The summed E-state index contributed by atoms with van der Waals surface area (Å²) in [6.07, 6.45) is 3.98. The molecular weight excluding hydrogens is 242 g/mol. The Bertz CT molecular complexity index is 186. The smallest absolute Gasteiger partial charge is 0.0900 e. The van der Waals surface area contributed by atoms with Crippen molar-refractivity contribution in [3.63, 3.8) is 0 Å². The Morgan fingerprint density at radius 3 is 2.32 bits per heavy atom. The van der Waals surface area contributed by atoms with E-state index in [2.05, 4.69) is 25.7 Å². The highest BCUT2D eigenvalue weighted by molar-refractivity contribution is 4.72. The van der Waals surface area contributed by atoms with Gasteiger partial charge in [-0.15, -0.1) is 0 Å². The summed E-state index contributed by atoms with van der Waals surface area (Å²) in [7, 11) is 1.72. The molecule has 0 heterocycles. The monoisotopic (exact) mass is 275 g/mol. The van der Waals surface area contributed by atoms with Crippen molar-refractivity contribution in [1.29, 1.82) is 0 Å². The molecule has 0 saturated heterocycles. The topological polar surface area (TPSA) is 41.9 Å². The maximum absolute atomic E-state index is 10.1. The van der Waals surface area contributed by atoms with Gasteiger partial charge in [0, 0.05) is 32.8 Å². The van der Waals surface area contributed by atoms with E-state index in [0.717, 1.165) is 38.8 Å². The van der Waals surface area contributed by atoms with E-state index >= 15 is 0 Å². The average Bonchev–Trinajstić information content (AvgIpc) is 2.42. The van der Waals surface area contributed by atoms with Crippen LogP contribution in [0.15, 0.2) is 0 Å². The molecule has 0 aliphatic carbocycles. The highest BCUT2D eigenvalue weighted by Gasteiger charge is 2.18. The third kappa shape index (κ3) is 9.38. The van der Waals surface area contributed by atoms with Crippen molar-refractivity contribution >= 4 is 0 Å². The molecular formula is C15H33NO3. The first-order valence-corrected chi connectivity index (χ1v) is 7.68. The minimum absolute atomic E-state index is 0.408. The lowest BCUT2D eigenvalue weighted by atomic mass is 10.1. The van der Waals surface area contributed by atoms with Crippen LogP contribution in [-0.4, -0.2) is 62.2 Å². The van der Waals surface area contributed by atoms with Crippen LogP contribution in [0.4, 0.5) is 0 Å². The maximum Gasteiger partial charge on any atom is 0.0900 e. The molecule has 0 aromatic rings. The molecule has 0 aromatic carbocycles. The number of hydrogen-bond acceptors (Lipinski definition) is 4. The quantitative estimate of drug-likeness (QED) is 0.524. The Morgan fingerprint density at radius 1 is 1.11 bits per heavy atom. The Morgan fingerprint density at radius 2 is 1.79 bits per heavy atom. The Kier molecular flexibility index (Phi) is 12.7. The van der Waals surface area contributed by atoms with Crippen molar-refractivity contribution < 1.29 is 14.6 Å². The summed E-state index contributed by atoms with van der Waals surface area (Å²) >= 11 is 0. The first kappa shape index (κ1) is 18.8. The van der Waals surface area contributed by atoms with Crippen LogP contribution in [0.3, 0.4) is 0 Å². The van der Waals surface area contributed by atoms with E-state index in [9.17, 15) is 5.11 Å². The molecule has 0 aliphatic heterocycles. The fourth-order valence-electron chi connectivity index (χ4n) is 2.23. The molecule has 1 N–H and O–H groups in total. The Hall–Kier alpha value is -0.160. The predicted molar refractivity (Wildman–Crippen MR) is 79.6 cm³/mol. The first-order chi connectivity index (χ1) is 9.19. The fraction of sp³-hybridized carbons (Fsp3) is 1.00. The van der Waals surface area contributed by atoms with E-state index in [0.29, 0.717) is 25.8 Å². The number of ether oxygens (including phenoxy) is 2. The number of methoxy groups -OCH3 is 1. The highest BCUT2D eigenvalue weighted by atomic mass is 16.5. The molecule has 0 aliphatic rings. The third-order valence-electron chi connectivity index (χ3n) is 3.44. The van der Waals surface area contributed by atoms with Crippen molar-refractivity contribution in [2.45, 2.75) is 58.6 Å². The second-order valence-electron chi connectivity index (χ2n) is 5.04. The summed E-state index contributed by atoms with van der Waals surface area (Å²) in [5.41, 5.74) is 0. The van der Waals surface area contributed by atoms with Crippen LogP contribution in [0.5, 0.6) is 0 Å². The van der Waals surface area contributed by atoms with Crippen LogP contribution in [-0.2, 0) is 9.47 Å². The summed E-state index contributed by atoms with van der Waals surface area (Å²) in [5, 5.41) is 10.1. The molecule has 0 aromatic heterocycles. The molecule has 0 radical (unpaired) electrons. The van der Waals surface area contributed by atoms with Gasteiger partial charge in [0.05, 0.1) is 19.3 Å². The number of hydrogen-bond donors (Lipinski definition) is 1. The van der Waals surface area contributed by atoms with Gasteiger partial charge < -0.3 is 14.6 Å². The first-order valence-electron chi connectivity index (χ1n) is 7.68. The molecule has 116 valence electrons. The van der Waals surface area contributed by atoms with E-state index in [1.165, 1.54) is 0 Å². The predicted octanol–water partition coefficient (Wildman–Crippen LogP) is 2.30. The molecule has 1 unspecified atom stereocenters. The van der Waals surface area contributed by atoms with Gasteiger partial charge in [-0.3, -0.25) is 4.90 Å². The summed E-state index contributed by atoms with van der Waals surface area (Å²) in [6.45, 7) is 9.95. The van der Waals surface area contributed by atoms with E-state index in [4.69, 9.17) is 9.47 Å². The van der Waals surface area contributed by atoms with Crippen molar-refractivity contribution in [2.24, 2.45) is 0 Å². The lowest BCUT2D eigenvalue weighted by Gasteiger charge is -2.31. The van der Waals surface area contributed by atoms with E-state index in [1.807, 2.05) is 0 Å². The van der Waals surface area contributed by atoms with Crippen LogP contribution < -0.4 is 0 Å². The number of nitrogens with zero attached hydrogens (tertiary/aromatic N) is 1. The fourth-order valence-corrected chi connectivity index (χ4v) is 2.23. The zero-order valence-electron chi connectivity index (χ0n) is 13.2. The van der Waals surface area contributed by atoms with Gasteiger partial charge in [0.25, 0.3) is 0 Å². The number of aliphatic hydroxyl groups excluding tert-OH is 1. The molecule has 1 atom stereocenters. The molecule has 0 bridgehead atoms. The van der Waals surface area contributed by atoms with Gasteiger partial charge in [0.1, 0.15) is 0 Å². The number of rotatable bonds is 13. The molecule has 0 spiro atoms. The minimum atomic E-state index is -0.408. The molecule has 4 nitrogen and oxygen atoms in total. The SMILES string of the molecule is CCCCOCC(O)CN(CCOC)C(CC)CC. The minimum Gasteiger partial charge on any atom is -0.389 e. The van der Waals surface area contributed by atoms with Crippen molar-refractivity contribution in [2.75, 3.05) is 40.0 Å². The van der Waals surface area contributed by atoms with E-state index in [1.54, 1.807) is 7.11 Å². The zero-order valence-corrected chi connectivity index (χ0v) is 13.2. The standard InChI is InChI=1S/C15H33NO3/c1-5-8-10-19-13-15(17)12-16(9-11-18-4)14(6-2)7-3/h14-15,17H,5-13H2,1-4H3. The second kappa shape index (κ2) is 12.9. The lowest BCUT2D eigenvalue weighted by molar-refractivity contribution is 0.00135. The summed E-state index contributed by atoms with van der Waals surface area (Å²) in [6, 6.07) is 0.514. The number of unbranched alkanes of at least 4 members (excludes halogenated alkanes) is 1. The van der Waals surface area contributed by atoms with Gasteiger partial charge in [-0.1, -0.05) is 27.2 Å². The van der Waals surface area contributed by atoms with Crippen molar-refractivity contribution in [3.8, 4) is 0 Å². The lowest BCUT2D eigenvalue weighted by Crippen LogP contribution is -2.43. The molecule has 0 rings (SSSR count). The average molecular weight is 275 g/mol. The van der Waals surface area contributed by atoms with Gasteiger partial charge in [-0.25, -0.2) is 0 Å². The van der Waals surface area contributed by atoms with Crippen LogP contribution in [0.2, 0.25) is 0 Å². The summed E-state index contributed by atoms with van der Waals surface area (Å²) in [5.74, 6) is 0. The van der Waals surface area contributed by atoms with Gasteiger partial charge in [0.15, 0.2) is 0 Å². The second-order valence-corrected chi connectivity index (χ2v) is 5.04. The van der Waals surface area contributed by atoms with Crippen LogP contribution in [0.25, 0.3) is 0 Å². The third-order valence-corrected chi connectivity index (χ3v) is 3.44. The molecule has 0 amide bonds. The van der Waals surface area contributed by atoms with Crippen LogP contribution in [0.1, 0.15) is 46.5 Å². The zero-order chi connectivity index (χ0) is 14.5. The molecule has 4 heteroatoms. The van der Waals surface area contributed by atoms with Gasteiger partial charge in [-0.2, -0.15) is 0 Å². The van der Waals surface area contributed by atoms with E-state index < -0.39 is 6.10 Å². The largest absolute Gasteiger partial charge is 0.389 e. The normalized spacial score (nSPS) is 13.4. The molecule has 0 fully saturated rings. The maximum atomic E-state index is 10.1. The van der Waals surface area contributed by atoms with Crippen molar-refractivity contribution in [3.05, 3.63) is 0 Å². The van der Waals surface area contributed by atoms with Crippen LogP contribution >= 0.6 is 0 Å². The van der Waals surface area contributed by atoms with Crippen LogP contribution in [0, 0.1) is 0 Å². The molecule has 19 heavy (non-hydrogen) atoms. The Labute approximate surface area is 119 Å². The van der Waals surface area contributed by atoms with Gasteiger partial charge >= 0.3 is 0 Å². The van der Waals surface area contributed by atoms with Gasteiger partial charge in [-0.05, 0) is 19.3 Å². The van der Waals surface area contributed by atoms with E-state index in [-0.39, 0.29) is 0 Å². The Balaban J connectivity index is 4.06. The van der Waals surface area contributed by atoms with Gasteiger partial charge in [0.2, 0.25) is 0 Å². The highest BCUT2D eigenvalue weighted by Crippen LogP contribution is 2.09. The summed E-state index contributed by atoms with van der Waals surface area (Å²) in [4.78, 5) is 2.32. The number of aliphatic hydroxyl groups is 1. The molecule has 0 saturated carbocycles. The summed E-state index contributed by atoms with van der Waals surface area (Å²) < 4.78 is 10.6.